The SMILES string of the molecule is Cc1cc(O)ccc1C(=O)Nc1ccc(I)cc1Cl. The minimum absolute atomic E-state index is 0.140. The van der Waals surface area contributed by atoms with Gasteiger partial charge in [0.05, 0.1) is 10.7 Å². The Morgan fingerprint density at radius 1 is 1.26 bits per heavy atom. The third kappa shape index (κ3) is 3.39. The zero-order chi connectivity index (χ0) is 14.0. The molecule has 0 bridgehead atoms. The van der Waals surface area contributed by atoms with Crippen LogP contribution in [-0.4, -0.2) is 11.0 Å². The molecule has 0 saturated heterocycles. The van der Waals surface area contributed by atoms with Crippen LogP contribution in [0.4, 0.5) is 5.69 Å². The van der Waals surface area contributed by atoms with Gasteiger partial charge in [0, 0.05) is 9.13 Å². The molecule has 0 spiro atoms. The second kappa shape index (κ2) is 5.79. The van der Waals surface area contributed by atoms with Gasteiger partial charge in [-0.05, 0) is 71.5 Å². The van der Waals surface area contributed by atoms with E-state index < -0.39 is 0 Å². The molecule has 98 valence electrons. The fourth-order valence-corrected chi connectivity index (χ4v) is 2.59. The van der Waals surface area contributed by atoms with E-state index in [-0.39, 0.29) is 11.7 Å². The molecule has 2 aromatic rings. The van der Waals surface area contributed by atoms with Crippen LogP contribution in [-0.2, 0) is 0 Å². The summed E-state index contributed by atoms with van der Waals surface area (Å²) in [5.41, 5.74) is 1.78. The monoisotopic (exact) mass is 387 g/mol. The lowest BCUT2D eigenvalue weighted by atomic mass is 10.1. The number of hydrogen-bond donors (Lipinski definition) is 2. The number of carbonyl (C=O) groups is 1. The summed E-state index contributed by atoms with van der Waals surface area (Å²) in [6, 6.07) is 10.0. The lowest BCUT2D eigenvalue weighted by Crippen LogP contribution is -2.13. The zero-order valence-corrected chi connectivity index (χ0v) is 13.0. The fourth-order valence-electron chi connectivity index (χ4n) is 1.68. The van der Waals surface area contributed by atoms with Crippen LogP contribution < -0.4 is 5.32 Å². The number of phenols is 1. The van der Waals surface area contributed by atoms with Gasteiger partial charge in [-0.2, -0.15) is 0 Å². The van der Waals surface area contributed by atoms with Crippen LogP contribution in [0.25, 0.3) is 0 Å². The minimum Gasteiger partial charge on any atom is -0.508 e. The Morgan fingerprint density at radius 2 is 2.00 bits per heavy atom. The Morgan fingerprint density at radius 3 is 2.63 bits per heavy atom. The summed E-state index contributed by atoms with van der Waals surface area (Å²) in [4.78, 5) is 12.1. The van der Waals surface area contributed by atoms with Gasteiger partial charge >= 0.3 is 0 Å². The van der Waals surface area contributed by atoms with Gasteiger partial charge in [0.2, 0.25) is 0 Å². The van der Waals surface area contributed by atoms with Crippen LogP contribution in [0.2, 0.25) is 5.02 Å². The third-order valence-electron chi connectivity index (χ3n) is 2.63. The highest BCUT2D eigenvalue weighted by Crippen LogP contribution is 2.25. The van der Waals surface area contributed by atoms with E-state index in [2.05, 4.69) is 27.9 Å². The maximum absolute atomic E-state index is 12.1. The first-order valence-corrected chi connectivity index (χ1v) is 6.99. The number of benzene rings is 2. The maximum Gasteiger partial charge on any atom is 0.255 e. The van der Waals surface area contributed by atoms with Gasteiger partial charge in [-0.1, -0.05) is 11.6 Å². The topological polar surface area (TPSA) is 49.3 Å². The standard InChI is InChI=1S/C14H11ClINO2/c1-8-6-10(18)3-4-11(8)14(19)17-13-5-2-9(16)7-12(13)15/h2-7,18H,1H3,(H,17,19). The Kier molecular flexibility index (Phi) is 4.31. The molecule has 0 unspecified atom stereocenters. The van der Waals surface area contributed by atoms with Gasteiger partial charge in [0.15, 0.2) is 0 Å². The predicted octanol–water partition coefficient (Wildman–Crippen LogP) is 4.21. The second-order valence-corrected chi connectivity index (χ2v) is 5.73. The molecule has 0 saturated carbocycles. The number of anilines is 1. The summed E-state index contributed by atoms with van der Waals surface area (Å²) in [7, 11) is 0. The molecule has 2 N–H and O–H groups in total. The van der Waals surface area contributed by atoms with Crippen LogP contribution in [0.15, 0.2) is 36.4 Å². The summed E-state index contributed by atoms with van der Waals surface area (Å²) in [6.07, 6.45) is 0. The van der Waals surface area contributed by atoms with E-state index in [0.717, 1.165) is 3.57 Å². The van der Waals surface area contributed by atoms with Gasteiger partial charge in [0.25, 0.3) is 5.91 Å². The van der Waals surface area contributed by atoms with Crippen molar-refractivity contribution in [3.05, 3.63) is 56.1 Å². The van der Waals surface area contributed by atoms with E-state index in [0.29, 0.717) is 21.8 Å². The molecule has 0 atom stereocenters. The van der Waals surface area contributed by atoms with Gasteiger partial charge in [-0.3, -0.25) is 4.79 Å². The van der Waals surface area contributed by atoms with Crippen molar-refractivity contribution in [1.82, 2.24) is 0 Å². The first-order chi connectivity index (χ1) is 8.97. The van der Waals surface area contributed by atoms with Gasteiger partial charge < -0.3 is 10.4 Å². The molecule has 0 aliphatic carbocycles. The fraction of sp³-hybridized carbons (Fsp3) is 0.0714. The second-order valence-electron chi connectivity index (χ2n) is 4.08. The van der Waals surface area contributed by atoms with Crippen LogP contribution in [0.1, 0.15) is 15.9 Å². The quantitative estimate of drug-likeness (QED) is 0.758. The molecular formula is C14H11ClINO2. The van der Waals surface area contributed by atoms with E-state index in [9.17, 15) is 9.90 Å². The highest BCUT2D eigenvalue weighted by molar-refractivity contribution is 14.1. The number of amides is 1. The van der Waals surface area contributed by atoms with Crippen molar-refractivity contribution in [2.45, 2.75) is 6.92 Å². The molecule has 0 aliphatic rings. The molecule has 0 aromatic heterocycles. The molecule has 19 heavy (non-hydrogen) atoms. The summed E-state index contributed by atoms with van der Waals surface area (Å²) >= 11 is 8.22. The van der Waals surface area contributed by atoms with Crippen LogP contribution >= 0.6 is 34.2 Å². The molecule has 3 nitrogen and oxygen atoms in total. The molecule has 0 heterocycles. The average Bonchev–Trinajstić information content (AvgIpc) is 2.32. The lowest BCUT2D eigenvalue weighted by Gasteiger charge is -2.09. The smallest absolute Gasteiger partial charge is 0.255 e. The van der Waals surface area contributed by atoms with Gasteiger partial charge in [-0.15, -0.1) is 0 Å². The third-order valence-corrected chi connectivity index (χ3v) is 3.62. The van der Waals surface area contributed by atoms with Crippen molar-refractivity contribution >= 4 is 45.8 Å². The minimum atomic E-state index is -0.249. The highest BCUT2D eigenvalue weighted by atomic mass is 127. The van der Waals surface area contributed by atoms with Crippen LogP contribution in [0.5, 0.6) is 5.75 Å². The number of hydrogen-bond acceptors (Lipinski definition) is 2. The van der Waals surface area contributed by atoms with Crippen molar-refractivity contribution in [1.29, 1.82) is 0 Å². The molecule has 0 aliphatic heterocycles. The maximum atomic E-state index is 12.1. The van der Waals surface area contributed by atoms with Gasteiger partial charge in [-0.25, -0.2) is 0 Å². The summed E-state index contributed by atoms with van der Waals surface area (Å²) < 4.78 is 1.00. The Balaban J connectivity index is 2.25. The predicted molar refractivity (Wildman–Crippen MR) is 85.0 cm³/mol. The molecule has 0 fully saturated rings. The summed E-state index contributed by atoms with van der Waals surface area (Å²) in [5.74, 6) is -0.109. The number of nitrogens with one attached hydrogen (secondary N) is 1. The van der Waals surface area contributed by atoms with Crippen molar-refractivity contribution in [3.63, 3.8) is 0 Å². The van der Waals surface area contributed by atoms with Crippen LogP contribution in [0.3, 0.4) is 0 Å². The molecular weight excluding hydrogens is 377 g/mol. The summed E-state index contributed by atoms with van der Waals surface area (Å²) in [6.45, 7) is 1.77. The molecule has 0 radical (unpaired) electrons. The molecule has 5 heteroatoms. The summed E-state index contributed by atoms with van der Waals surface area (Å²) in [5, 5.41) is 12.6. The van der Waals surface area contributed by atoms with E-state index in [1.165, 1.54) is 6.07 Å². The number of aromatic hydroxyl groups is 1. The number of halogens is 2. The first kappa shape index (κ1) is 14.1. The van der Waals surface area contributed by atoms with Crippen molar-refractivity contribution in [2.75, 3.05) is 5.32 Å². The zero-order valence-electron chi connectivity index (χ0n) is 10.1. The molecule has 1 amide bonds. The van der Waals surface area contributed by atoms with Crippen molar-refractivity contribution in [2.24, 2.45) is 0 Å². The largest absolute Gasteiger partial charge is 0.508 e. The van der Waals surface area contributed by atoms with E-state index in [1.54, 1.807) is 31.2 Å². The molecule has 2 aromatic carbocycles. The molecule has 2 rings (SSSR count). The average molecular weight is 388 g/mol. The normalized spacial score (nSPS) is 10.3. The lowest BCUT2D eigenvalue weighted by molar-refractivity contribution is 0.102. The van der Waals surface area contributed by atoms with Crippen LogP contribution in [0, 0.1) is 10.5 Å². The van der Waals surface area contributed by atoms with E-state index >= 15 is 0 Å². The number of carbonyl (C=O) groups excluding carboxylic acids is 1. The van der Waals surface area contributed by atoms with Crippen molar-refractivity contribution < 1.29 is 9.90 Å². The Bertz CT molecular complexity index is 643. The van der Waals surface area contributed by atoms with Crippen molar-refractivity contribution in [3.8, 4) is 5.75 Å². The number of aryl methyl sites for hydroxylation is 1. The Hall–Kier alpha value is -1.27. The highest BCUT2D eigenvalue weighted by Gasteiger charge is 2.11. The van der Waals surface area contributed by atoms with E-state index in [1.807, 2.05) is 6.07 Å². The van der Waals surface area contributed by atoms with Gasteiger partial charge in [0.1, 0.15) is 5.75 Å². The number of rotatable bonds is 2. The Labute approximate surface area is 129 Å². The number of phenolic OH excluding ortho intramolecular Hbond substituents is 1. The van der Waals surface area contributed by atoms with E-state index in [4.69, 9.17) is 11.6 Å². The first-order valence-electron chi connectivity index (χ1n) is 5.53.